The molecule has 4 aliphatic rings. The van der Waals surface area contributed by atoms with Crippen molar-refractivity contribution in [3.8, 4) is 0 Å². The first-order chi connectivity index (χ1) is 3.72. The molecule has 0 aliphatic heterocycles. The summed E-state index contributed by atoms with van der Waals surface area (Å²) >= 11 is 7.53. The number of alkyl halides is 2. The highest BCUT2D eigenvalue weighted by molar-refractivity contribution is 9.14. The van der Waals surface area contributed by atoms with Gasteiger partial charge in [0.25, 0.3) is 0 Å². The minimum Gasteiger partial charge on any atom is -0.0831 e. The van der Waals surface area contributed by atoms with Crippen LogP contribution in [0.15, 0.2) is 0 Å². The Morgan fingerprint density at radius 1 is 1.00 bits per heavy atom. The molecule has 0 radical (unpaired) electrons. The van der Waals surface area contributed by atoms with Crippen LogP contribution in [0.25, 0.3) is 0 Å². The summed E-state index contributed by atoms with van der Waals surface area (Å²) < 4.78 is 1.22. The van der Waals surface area contributed by atoms with Crippen LogP contribution in [-0.2, 0) is 0 Å². The number of rotatable bonds is 0. The fraction of sp³-hybridized carbons (Fsp3) is 1.00. The Bertz CT molecular complexity index is 147. The molecule has 4 rings (SSSR count). The second-order valence-electron chi connectivity index (χ2n) is 3.22. The highest BCUT2D eigenvalue weighted by atomic mass is 79.9. The van der Waals surface area contributed by atoms with Crippen molar-refractivity contribution in [1.29, 1.82) is 0 Å². The highest BCUT2D eigenvalue weighted by Crippen LogP contribution is 2.95. The van der Waals surface area contributed by atoms with E-state index < -0.39 is 0 Å². The second kappa shape index (κ2) is 0.878. The molecule has 0 unspecified atom stereocenters. The van der Waals surface area contributed by atoms with Gasteiger partial charge in [0.1, 0.15) is 0 Å². The minimum atomic E-state index is 0.611. The molecule has 0 N–H and O–H groups in total. The van der Waals surface area contributed by atoms with Crippen molar-refractivity contribution in [1.82, 2.24) is 0 Å². The van der Waals surface area contributed by atoms with Crippen molar-refractivity contribution in [2.75, 3.05) is 0 Å². The highest BCUT2D eigenvalue weighted by Gasteiger charge is 2.98. The van der Waals surface area contributed by atoms with Gasteiger partial charge >= 0.3 is 0 Å². The second-order valence-corrected chi connectivity index (χ2v) is 5.84. The number of hydrogen-bond donors (Lipinski definition) is 0. The Morgan fingerprint density at radius 3 is 1.50 bits per heavy atom. The third kappa shape index (κ3) is 0.202. The number of hydrogen-bond acceptors (Lipinski definition) is 0. The molecule has 0 nitrogen and oxygen atoms in total. The van der Waals surface area contributed by atoms with Crippen LogP contribution < -0.4 is 0 Å². The van der Waals surface area contributed by atoms with Crippen LogP contribution in [0.5, 0.6) is 0 Å². The maximum atomic E-state index is 3.76. The van der Waals surface area contributed by atoms with Crippen molar-refractivity contribution < 1.29 is 0 Å². The Balaban J connectivity index is 2.18. The molecule has 4 fully saturated rings. The van der Waals surface area contributed by atoms with Crippen LogP contribution in [0.3, 0.4) is 0 Å². The first-order valence-corrected chi connectivity index (χ1v) is 4.69. The third-order valence-electron chi connectivity index (χ3n) is 3.19. The Morgan fingerprint density at radius 2 is 1.38 bits per heavy atom. The van der Waals surface area contributed by atoms with Gasteiger partial charge in [-0.3, -0.25) is 0 Å². The van der Waals surface area contributed by atoms with Crippen LogP contribution >= 0.6 is 31.9 Å². The van der Waals surface area contributed by atoms with E-state index in [4.69, 9.17) is 0 Å². The molecule has 0 heterocycles. The molecule has 44 valence electrons. The van der Waals surface area contributed by atoms with Crippen LogP contribution in [0, 0.1) is 11.8 Å². The van der Waals surface area contributed by atoms with E-state index in [1.54, 1.807) is 0 Å². The summed E-state index contributed by atoms with van der Waals surface area (Å²) in [5.41, 5.74) is 0. The molecule has 2 bridgehead atoms. The van der Waals surface area contributed by atoms with Crippen molar-refractivity contribution in [2.45, 2.75) is 21.5 Å². The summed E-state index contributed by atoms with van der Waals surface area (Å²) in [4.78, 5) is 0. The van der Waals surface area contributed by atoms with Crippen LogP contribution in [-0.4, -0.2) is 8.65 Å². The summed E-state index contributed by atoms with van der Waals surface area (Å²) in [7, 11) is 0. The maximum absolute atomic E-state index is 3.76. The zero-order chi connectivity index (χ0) is 5.57. The number of halogens is 2. The average molecular weight is 238 g/mol. The lowest BCUT2D eigenvalue weighted by molar-refractivity contribution is 0.702. The van der Waals surface area contributed by atoms with Gasteiger partial charge in [-0.05, 0) is 24.7 Å². The van der Waals surface area contributed by atoms with Gasteiger partial charge in [0.15, 0.2) is 0 Å². The molecule has 0 amide bonds. The molecule has 0 spiro atoms. The van der Waals surface area contributed by atoms with Crippen molar-refractivity contribution >= 4 is 31.9 Å². The summed E-state index contributed by atoms with van der Waals surface area (Å²) in [6, 6.07) is 0. The monoisotopic (exact) mass is 236 g/mol. The van der Waals surface area contributed by atoms with E-state index >= 15 is 0 Å². The molecule has 0 saturated heterocycles. The van der Waals surface area contributed by atoms with E-state index in [-0.39, 0.29) is 0 Å². The fourth-order valence-electron chi connectivity index (χ4n) is 2.61. The smallest absolute Gasteiger partial charge is 0.0501 e. The van der Waals surface area contributed by atoms with Crippen LogP contribution in [0.2, 0.25) is 0 Å². The van der Waals surface area contributed by atoms with E-state index in [1.807, 2.05) is 0 Å². The maximum Gasteiger partial charge on any atom is 0.0501 e. The van der Waals surface area contributed by atoms with Gasteiger partial charge in [0.2, 0.25) is 0 Å². The fourth-order valence-corrected chi connectivity index (χ4v) is 6.23. The van der Waals surface area contributed by atoms with Crippen molar-refractivity contribution in [2.24, 2.45) is 11.8 Å². The standard InChI is InChI=1S/C6H6Br2/c7-5-3-1-2-4(5)6(3,5)8/h3-4H,1-2H2. The lowest BCUT2D eigenvalue weighted by atomic mass is 10.2. The number of fused-ring (bicyclic) bond motifs is 1. The first kappa shape index (κ1) is 4.73. The molecule has 0 aromatic rings. The Kier molecular flexibility index (Phi) is 0.519. The van der Waals surface area contributed by atoms with E-state index in [0.717, 1.165) is 11.8 Å². The molecular formula is C6H6Br2. The van der Waals surface area contributed by atoms with E-state index in [1.165, 1.54) is 12.8 Å². The predicted octanol–water partition coefficient (Wildman–Crippen LogP) is 2.31. The summed E-state index contributed by atoms with van der Waals surface area (Å²) in [5.74, 6) is 2.00. The topological polar surface area (TPSA) is 0 Å². The van der Waals surface area contributed by atoms with E-state index in [0.29, 0.717) is 8.65 Å². The van der Waals surface area contributed by atoms with Gasteiger partial charge in [0, 0.05) is 0 Å². The summed E-state index contributed by atoms with van der Waals surface area (Å²) in [6.45, 7) is 0. The van der Waals surface area contributed by atoms with Gasteiger partial charge in [-0.1, -0.05) is 31.9 Å². The molecule has 8 heavy (non-hydrogen) atoms. The van der Waals surface area contributed by atoms with Gasteiger partial charge in [-0.2, -0.15) is 0 Å². The Hall–Kier alpha value is 0.960. The molecule has 0 aromatic heterocycles. The molecule has 4 aliphatic carbocycles. The average Bonchev–Trinajstić information content (AvgIpc) is 2.39. The van der Waals surface area contributed by atoms with Crippen LogP contribution in [0.1, 0.15) is 12.8 Å². The minimum absolute atomic E-state index is 0.611. The zero-order valence-corrected chi connectivity index (χ0v) is 7.50. The van der Waals surface area contributed by atoms with Gasteiger partial charge in [0.05, 0.1) is 8.65 Å². The third-order valence-corrected chi connectivity index (χ3v) is 7.25. The largest absolute Gasteiger partial charge is 0.0831 e. The summed E-state index contributed by atoms with van der Waals surface area (Å²) in [6.07, 6.45) is 2.92. The lowest BCUT2D eigenvalue weighted by Gasteiger charge is -1.96. The molecule has 4 saturated carbocycles. The van der Waals surface area contributed by atoms with Crippen molar-refractivity contribution in [3.05, 3.63) is 0 Å². The normalized spacial score (nSPS) is 81.8. The molecular weight excluding hydrogens is 232 g/mol. The van der Waals surface area contributed by atoms with E-state index in [2.05, 4.69) is 31.9 Å². The van der Waals surface area contributed by atoms with Gasteiger partial charge in [-0.25, -0.2) is 0 Å². The summed E-state index contributed by atoms with van der Waals surface area (Å²) in [5, 5.41) is 0. The predicted molar refractivity (Wildman–Crippen MR) is 39.5 cm³/mol. The van der Waals surface area contributed by atoms with E-state index in [9.17, 15) is 0 Å². The molecule has 0 atom stereocenters. The van der Waals surface area contributed by atoms with Gasteiger partial charge in [-0.15, -0.1) is 0 Å². The molecule has 2 heteroatoms. The SMILES string of the molecule is BrC12C3CCC1C32Br. The Labute approximate surface area is 65.3 Å². The molecule has 0 aromatic carbocycles. The zero-order valence-electron chi connectivity index (χ0n) is 4.32. The van der Waals surface area contributed by atoms with Crippen LogP contribution in [0.4, 0.5) is 0 Å². The first-order valence-electron chi connectivity index (χ1n) is 3.10. The van der Waals surface area contributed by atoms with Gasteiger partial charge < -0.3 is 0 Å². The lowest BCUT2D eigenvalue weighted by Crippen LogP contribution is -1.97. The quantitative estimate of drug-likeness (QED) is 0.568. The van der Waals surface area contributed by atoms with Crippen molar-refractivity contribution in [3.63, 3.8) is 0 Å².